The lowest BCUT2D eigenvalue weighted by Crippen LogP contribution is -2.23. The number of sulfonamides is 1. The van der Waals surface area contributed by atoms with Crippen LogP contribution in [-0.2, 0) is 16.6 Å². The minimum absolute atomic E-state index is 0.111. The van der Waals surface area contributed by atoms with Crippen molar-refractivity contribution >= 4 is 26.0 Å². The van der Waals surface area contributed by atoms with E-state index >= 15 is 0 Å². The molecule has 0 saturated carbocycles. The average Bonchev–Trinajstić information content (AvgIpc) is 2.38. The van der Waals surface area contributed by atoms with Gasteiger partial charge in [-0.1, -0.05) is 34.1 Å². The molecule has 0 aliphatic carbocycles. The predicted molar refractivity (Wildman–Crippen MR) is 72.4 cm³/mol. The zero-order valence-electron chi connectivity index (χ0n) is 9.68. The van der Waals surface area contributed by atoms with Gasteiger partial charge < -0.3 is 0 Å². The first-order valence-corrected chi connectivity index (χ1v) is 7.60. The molecule has 7 heteroatoms. The summed E-state index contributed by atoms with van der Waals surface area (Å²) in [6, 6.07) is 8.16. The van der Waals surface area contributed by atoms with Gasteiger partial charge in [0.25, 0.3) is 0 Å². The second kappa shape index (κ2) is 5.77. The molecule has 1 N–H and O–H groups in total. The van der Waals surface area contributed by atoms with Gasteiger partial charge in [0.05, 0.1) is 6.20 Å². The summed E-state index contributed by atoms with van der Waals surface area (Å²) in [4.78, 5) is 3.32. The van der Waals surface area contributed by atoms with Gasteiger partial charge in [-0.25, -0.2) is 17.5 Å². The smallest absolute Gasteiger partial charge is 0.242 e. The summed E-state index contributed by atoms with van der Waals surface area (Å²) in [5.74, 6) is -0.691. The number of benzene rings is 1. The fraction of sp³-hybridized carbons (Fsp3) is 0.0833. The van der Waals surface area contributed by atoms with Gasteiger partial charge in [0.15, 0.2) is 0 Å². The molecule has 1 aromatic carbocycles. The van der Waals surface area contributed by atoms with Crippen molar-refractivity contribution in [3.05, 3.63) is 58.6 Å². The van der Waals surface area contributed by atoms with Crippen molar-refractivity contribution in [2.45, 2.75) is 11.4 Å². The van der Waals surface area contributed by atoms with Gasteiger partial charge in [-0.3, -0.25) is 4.98 Å². The molecule has 0 saturated heterocycles. The molecule has 100 valence electrons. The molecule has 0 aliphatic rings. The molecule has 0 fully saturated rings. The molecule has 1 heterocycles. The van der Waals surface area contributed by atoms with Crippen molar-refractivity contribution in [3.63, 3.8) is 0 Å². The Bertz CT molecular complexity index is 692. The molecule has 0 unspecified atom stereocenters. The number of hydrogen-bond donors (Lipinski definition) is 1. The Hall–Kier alpha value is -1.31. The standard InChI is InChI=1S/C12H10BrFN2O2S/c13-12-4-2-1-3-9(12)6-16-19(17,18)11-5-10(14)7-15-8-11/h1-5,7-8,16H,6H2. The predicted octanol–water partition coefficient (Wildman–Crippen LogP) is 2.46. The van der Waals surface area contributed by atoms with Crippen LogP contribution in [0.5, 0.6) is 0 Å². The maximum Gasteiger partial charge on any atom is 0.242 e. The van der Waals surface area contributed by atoms with Gasteiger partial charge >= 0.3 is 0 Å². The van der Waals surface area contributed by atoms with Crippen molar-refractivity contribution in [1.82, 2.24) is 9.71 Å². The van der Waals surface area contributed by atoms with Crippen molar-refractivity contribution in [2.75, 3.05) is 0 Å². The average molecular weight is 345 g/mol. The number of nitrogens with one attached hydrogen (secondary N) is 1. The highest BCUT2D eigenvalue weighted by Gasteiger charge is 2.15. The van der Waals surface area contributed by atoms with Crippen LogP contribution >= 0.6 is 15.9 Å². The molecular formula is C12H10BrFN2O2S. The Morgan fingerprint density at radius 3 is 2.68 bits per heavy atom. The Morgan fingerprint density at radius 2 is 2.00 bits per heavy atom. The van der Waals surface area contributed by atoms with Crippen molar-refractivity contribution in [2.24, 2.45) is 0 Å². The van der Waals surface area contributed by atoms with E-state index in [9.17, 15) is 12.8 Å². The second-order valence-electron chi connectivity index (χ2n) is 3.75. The van der Waals surface area contributed by atoms with Gasteiger partial charge in [0, 0.05) is 17.2 Å². The normalized spacial score (nSPS) is 11.5. The topological polar surface area (TPSA) is 59.1 Å². The van der Waals surface area contributed by atoms with E-state index in [0.29, 0.717) is 0 Å². The minimum Gasteiger partial charge on any atom is -0.260 e. The fourth-order valence-electron chi connectivity index (χ4n) is 1.44. The van der Waals surface area contributed by atoms with E-state index in [1.165, 1.54) is 0 Å². The van der Waals surface area contributed by atoms with E-state index < -0.39 is 15.8 Å². The third-order valence-corrected chi connectivity index (χ3v) is 4.54. The van der Waals surface area contributed by atoms with Crippen molar-refractivity contribution in [1.29, 1.82) is 0 Å². The van der Waals surface area contributed by atoms with Gasteiger partial charge in [-0.15, -0.1) is 0 Å². The minimum atomic E-state index is -3.77. The summed E-state index contributed by atoms with van der Waals surface area (Å²) in [7, 11) is -3.77. The monoisotopic (exact) mass is 344 g/mol. The Balaban J connectivity index is 2.17. The van der Waals surface area contributed by atoms with Crippen LogP contribution in [0.2, 0.25) is 0 Å². The van der Waals surface area contributed by atoms with Crippen LogP contribution in [0.4, 0.5) is 4.39 Å². The molecular weight excluding hydrogens is 335 g/mol. The number of pyridine rings is 1. The highest BCUT2D eigenvalue weighted by atomic mass is 79.9. The maximum absolute atomic E-state index is 13.0. The summed E-state index contributed by atoms with van der Waals surface area (Å²) in [6.07, 6.45) is 2.05. The lowest BCUT2D eigenvalue weighted by atomic mass is 10.2. The van der Waals surface area contributed by atoms with Crippen LogP contribution in [0.1, 0.15) is 5.56 Å². The van der Waals surface area contributed by atoms with E-state index in [1.807, 2.05) is 12.1 Å². The number of nitrogens with zero attached hydrogens (tertiary/aromatic N) is 1. The van der Waals surface area contributed by atoms with Crippen LogP contribution in [0.3, 0.4) is 0 Å². The highest BCUT2D eigenvalue weighted by molar-refractivity contribution is 9.10. The molecule has 0 atom stereocenters. The molecule has 0 radical (unpaired) electrons. The van der Waals surface area contributed by atoms with Crippen LogP contribution < -0.4 is 4.72 Å². The molecule has 2 aromatic rings. The third-order valence-electron chi connectivity index (χ3n) is 2.40. The van der Waals surface area contributed by atoms with Crippen LogP contribution in [0.25, 0.3) is 0 Å². The van der Waals surface area contributed by atoms with Crippen molar-refractivity contribution < 1.29 is 12.8 Å². The number of hydrogen-bond acceptors (Lipinski definition) is 3. The van der Waals surface area contributed by atoms with Gasteiger partial charge in [-0.2, -0.15) is 0 Å². The molecule has 2 rings (SSSR count). The SMILES string of the molecule is O=S(=O)(NCc1ccccc1Br)c1cncc(F)c1. The molecule has 0 spiro atoms. The van der Waals surface area contributed by atoms with Gasteiger partial charge in [-0.05, 0) is 17.7 Å². The van der Waals surface area contributed by atoms with Gasteiger partial charge in [0.2, 0.25) is 10.0 Å². The molecule has 0 amide bonds. The molecule has 19 heavy (non-hydrogen) atoms. The zero-order chi connectivity index (χ0) is 13.9. The lowest BCUT2D eigenvalue weighted by Gasteiger charge is -2.07. The summed E-state index contributed by atoms with van der Waals surface area (Å²) in [5, 5.41) is 0. The Kier molecular flexibility index (Phi) is 4.28. The van der Waals surface area contributed by atoms with E-state index in [4.69, 9.17) is 0 Å². The van der Waals surface area contributed by atoms with Crippen LogP contribution in [-0.4, -0.2) is 13.4 Å². The first kappa shape index (κ1) is 14.1. The maximum atomic E-state index is 13.0. The number of aromatic nitrogens is 1. The fourth-order valence-corrected chi connectivity index (χ4v) is 2.84. The lowest BCUT2D eigenvalue weighted by molar-refractivity contribution is 0.575. The van der Waals surface area contributed by atoms with E-state index in [0.717, 1.165) is 28.5 Å². The summed E-state index contributed by atoms with van der Waals surface area (Å²) < 4.78 is 40.0. The van der Waals surface area contributed by atoms with Crippen molar-refractivity contribution in [3.8, 4) is 0 Å². The van der Waals surface area contributed by atoms with Crippen LogP contribution in [0, 0.1) is 5.82 Å². The summed E-state index contributed by atoms with van der Waals surface area (Å²) in [6.45, 7) is 0.111. The van der Waals surface area contributed by atoms with Gasteiger partial charge in [0.1, 0.15) is 10.7 Å². The molecule has 0 bridgehead atoms. The second-order valence-corrected chi connectivity index (χ2v) is 6.38. The first-order valence-electron chi connectivity index (χ1n) is 5.33. The van der Waals surface area contributed by atoms with E-state index in [1.54, 1.807) is 12.1 Å². The first-order chi connectivity index (χ1) is 8.99. The number of rotatable bonds is 4. The zero-order valence-corrected chi connectivity index (χ0v) is 12.1. The Morgan fingerprint density at radius 1 is 1.26 bits per heavy atom. The highest BCUT2D eigenvalue weighted by Crippen LogP contribution is 2.16. The van der Waals surface area contributed by atoms with E-state index in [2.05, 4.69) is 25.6 Å². The quantitative estimate of drug-likeness (QED) is 0.926. The molecule has 0 aliphatic heterocycles. The number of halogens is 2. The largest absolute Gasteiger partial charge is 0.260 e. The Labute approximate surface area is 118 Å². The molecule has 1 aromatic heterocycles. The summed E-state index contributed by atoms with van der Waals surface area (Å²) in [5.41, 5.74) is 0.787. The third kappa shape index (κ3) is 3.59. The van der Waals surface area contributed by atoms with E-state index in [-0.39, 0.29) is 11.4 Å². The van der Waals surface area contributed by atoms with Crippen LogP contribution in [0.15, 0.2) is 52.1 Å². The molecule has 4 nitrogen and oxygen atoms in total. The summed E-state index contributed by atoms with van der Waals surface area (Å²) >= 11 is 3.32.